The summed E-state index contributed by atoms with van der Waals surface area (Å²) >= 11 is 0. The van der Waals surface area contributed by atoms with Gasteiger partial charge < -0.3 is 5.73 Å². The van der Waals surface area contributed by atoms with Crippen molar-refractivity contribution in [2.75, 3.05) is 19.6 Å². The van der Waals surface area contributed by atoms with E-state index in [-0.39, 0.29) is 0 Å². The van der Waals surface area contributed by atoms with Gasteiger partial charge in [-0.25, -0.2) is 0 Å². The zero-order valence-electron chi connectivity index (χ0n) is 13.3. The van der Waals surface area contributed by atoms with Crippen LogP contribution in [0.15, 0.2) is 0 Å². The van der Waals surface area contributed by atoms with Crippen LogP contribution in [0.3, 0.4) is 0 Å². The Kier molecular flexibility index (Phi) is 5.70. The van der Waals surface area contributed by atoms with Crippen molar-refractivity contribution in [2.45, 2.75) is 65.3 Å². The first-order chi connectivity index (χ1) is 9.15. The van der Waals surface area contributed by atoms with Crippen molar-refractivity contribution in [3.8, 4) is 0 Å². The largest absolute Gasteiger partial charge is 0.330 e. The Bertz CT molecular complexity index is 266. The summed E-state index contributed by atoms with van der Waals surface area (Å²) in [5, 5.41) is 0. The highest BCUT2D eigenvalue weighted by atomic mass is 15.2. The summed E-state index contributed by atoms with van der Waals surface area (Å²) in [6, 6.07) is 0.783. The fraction of sp³-hybridized carbons (Fsp3) is 1.00. The average molecular weight is 266 g/mol. The van der Waals surface area contributed by atoms with Crippen LogP contribution in [0.5, 0.6) is 0 Å². The summed E-state index contributed by atoms with van der Waals surface area (Å²) in [6.45, 7) is 10.7. The summed E-state index contributed by atoms with van der Waals surface area (Å²) in [7, 11) is 0. The molecule has 112 valence electrons. The van der Waals surface area contributed by atoms with Crippen LogP contribution in [0.1, 0.15) is 59.3 Å². The molecule has 2 N–H and O–H groups in total. The summed E-state index contributed by atoms with van der Waals surface area (Å²) in [5.74, 6) is 3.49. The van der Waals surface area contributed by atoms with Gasteiger partial charge in [0.25, 0.3) is 0 Å². The highest BCUT2D eigenvalue weighted by molar-refractivity contribution is 4.90. The molecular weight excluding hydrogens is 232 g/mol. The van der Waals surface area contributed by atoms with Crippen molar-refractivity contribution in [2.24, 2.45) is 29.4 Å². The minimum Gasteiger partial charge on any atom is -0.330 e. The van der Waals surface area contributed by atoms with E-state index >= 15 is 0 Å². The lowest BCUT2D eigenvalue weighted by atomic mass is 9.74. The van der Waals surface area contributed by atoms with Crippen LogP contribution in [0.2, 0.25) is 0 Å². The number of nitrogens with two attached hydrogens (primary N) is 1. The third-order valence-corrected chi connectivity index (χ3v) is 5.90. The van der Waals surface area contributed by atoms with Crippen LogP contribution in [-0.4, -0.2) is 30.6 Å². The molecule has 5 atom stereocenters. The van der Waals surface area contributed by atoms with E-state index in [0.29, 0.717) is 0 Å². The van der Waals surface area contributed by atoms with Crippen molar-refractivity contribution in [1.82, 2.24) is 4.90 Å². The summed E-state index contributed by atoms with van der Waals surface area (Å²) < 4.78 is 0. The Hall–Kier alpha value is -0.0800. The third-order valence-electron chi connectivity index (χ3n) is 5.90. The molecule has 1 aliphatic carbocycles. The van der Waals surface area contributed by atoms with Gasteiger partial charge in [-0.1, -0.05) is 40.0 Å². The third kappa shape index (κ3) is 3.72. The molecule has 1 heterocycles. The highest BCUT2D eigenvalue weighted by Gasteiger charge is 2.35. The van der Waals surface area contributed by atoms with Crippen molar-refractivity contribution in [3.05, 3.63) is 0 Å². The Balaban J connectivity index is 1.97. The summed E-state index contributed by atoms with van der Waals surface area (Å²) in [6.07, 6.45) is 8.36. The molecule has 0 aromatic rings. The van der Waals surface area contributed by atoms with E-state index in [4.69, 9.17) is 5.73 Å². The van der Waals surface area contributed by atoms with Gasteiger partial charge in [-0.3, -0.25) is 4.90 Å². The van der Waals surface area contributed by atoms with E-state index in [2.05, 4.69) is 25.7 Å². The minimum atomic E-state index is 0.758. The van der Waals surface area contributed by atoms with Crippen molar-refractivity contribution in [1.29, 1.82) is 0 Å². The maximum absolute atomic E-state index is 6.06. The molecule has 19 heavy (non-hydrogen) atoms. The van der Waals surface area contributed by atoms with Crippen LogP contribution in [0.25, 0.3) is 0 Å². The molecule has 1 saturated heterocycles. The molecular formula is C17H34N2. The predicted octanol–water partition coefficient (Wildman–Crippen LogP) is 3.51. The van der Waals surface area contributed by atoms with E-state index in [9.17, 15) is 0 Å². The van der Waals surface area contributed by atoms with Gasteiger partial charge in [0.2, 0.25) is 0 Å². The second kappa shape index (κ2) is 7.08. The molecule has 1 saturated carbocycles. The number of rotatable bonds is 4. The molecule has 2 rings (SSSR count). The number of likely N-dealkylation sites (tertiary alicyclic amines) is 1. The molecule has 2 fully saturated rings. The van der Waals surface area contributed by atoms with Gasteiger partial charge in [0.1, 0.15) is 0 Å². The lowest BCUT2D eigenvalue weighted by Crippen LogP contribution is -2.51. The zero-order valence-corrected chi connectivity index (χ0v) is 13.3. The standard InChI is InChI=1S/C17H34N2/c1-4-5-15-6-7-16(11-18)17(10-15)19-9-8-13(2)14(3)12-19/h13-17H,4-12,18H2,1-3H3. The topological polar surface area (TPSA) is 29.3 Å². The fourth-order valence-corrected chi connectivity index (χ4v) is 4.28. The lowest BCUT2D eigenvalue weighted by molar-refractivity contribution is 0.0314. The number of nitrogens with zero attached hydrogens (tertiary/aromatic N) is 1. The fourth-order valence-electron chi connectivity index (χ4n) is 4.28. The molecule has 0 radical (unpaired) electrons. The highest BCUT2D eigenvalue weighted by Crippen LogP contribution is 2.36. The van der Waals surface area contributed by atoms with Crippen LogP contribution in [-0.2, 0) is 0 Å². The second-order valence-corrected chi connectivity index (χ2v) is 7.27. The maximum atomic E-state index is 6.06. The van der Waals surface area contributed by atoms with Gasteiger partial charge >= 0.3 is 0 Å². The van der Waals surface area contributed by atoms with Gasteiger partial charge in [-0.05, 0) is 56.0 Å². The molecule has 0 amide bonds. The first-order valence-corrected chi connectivity index (χ1v) is 8.59. The Morgan fingerprint density at radius 3 is 2.53 bits per heavy atom. The van der Waals surface area contributed by atoms with E-state index < -0.39 is 0 Å². The summed E-state index contributed by atoms with van der Waals surface area (Å²) in [4.78, 5) is 2.80. The van der Waals surface area contributed by atoms with E-state index in [1.807, 2.05) is 0 Å². The van der Waals surface area contributed by atoms with Crippen LogP contribution < -0.4 is 5.73 Å². The summed E-state index contributed by atoms with van der Waals surface area (Å²) in [5.41, 5.74) is 6.06. The van der Waals surface area contributed by atoms with Crippen molar-refractivity contribution >= 4 is 0 Å². The molecule has 0 spiro atoms. The number of hydrogen-bond donors (Lipinski definition) is 1. The van der Waals surface area contributed by atoms with Gasteiger partial charge in [0, 0.05) is 12.6 Å². The number of piperidine rings is 1. The smallest absolute Gasteiger partial charge is 0.0138 e. The second-order valence-electron chi connectivity index (χ2n) is 7.27. The average Bonchev–Trinajstić information content (AvgIpc) is 2.42. The predicted molar refractivity (Wildman–Crippen MR) is 83.1 cm³/mol. The van der Waals surface area contributed by atoms with Crippen LogP contribution in [0, 0.1) is 23.7 Å². The van der Waals surface area contributed by atoms with Gasteiger partial charge in [0.15, 0.2) is 0 Å². The number of hydrogen-bond acceptors (Lipinski definition) is 2. The van der Waals surface area contributed by atoms with Gasteiger partial charge in [-0.15, -0.1) is 0 Å². The molecule has 0 aromatic carbocycles. The van der Waals surface area contributed by atoms with E-state index in [1.54, 1.807) is 0 Å². The molecule has 0 aromatic heterocycles. The Labute approximate surface area is 120 Å². The molecule has 0 bridgehead atoms. The van der Waals surface area contributed by atoms with Crippen molar-refractivity contribution in [3.63, 3.8) is 0 Å². The quantitative estimate of drug-likeness (QED) is 0.844. The van der Waals surface area contributed by atoms with Gasteiger partial charge in [-0.2, -0.15) is 0 Å². The van der Waals surface area contributed by atoms with Crippen LogP contribution in [0.4, 0.5) is 0 Å². The molecule has 2 heteroatoms. The Morgan fingerprint density at radius 1 is 1.11 bits per heavy atom. The molecule has 1 aliphatic heterocycles. The molecule has 2 nitrogen and oxygen atoms in total. The Morgan fingerprint density at radius 2 is 1.89 bits per heavy atom. The first-order valence-electron chi connectivity index (χ1n) is 8.59. The minimum absolute atomic E-state index is 0.758. The maximum Gasteiger partial charge on any atom is 0.0138 e. The zero-order chi connectivity index (χ0) is 13.8. The van der Waals surface area contributed by atoms with E-state index in [0.717, 1.165) is 36.3 Å². The normalized spacial score (nSPS) is 41.4. The molecule has 5 unspecified atom stereocenters. The monoisotopic (exact) mass is 266 g/mol. The molecule has 2 aliphatic rings. The first kappa shape index (κ1) is 15.3. The lowest BCUT2D eigenvalue weighted by Gasteiger charge is -2.46. The van der Waals surface area contributed by atoms with E-state index in [1.165, 1.54) is 51.6 Å². The van der Waals surface area contributed by atoms with Crippen molar-refractivity contribution < 1.29 is 0 Å². The SMILES string of the molecule is CCCC1CCC(CN)C(N2CCC(C)C(C)C2)C1. The van der Waals surface area contributed by atoms with Gasteiger partial charge in [0.05, 0.1) is 0 Å². The van der Waals surface area contributed by atoms with Crippen LogP contribution >= 0.6 is 0 Å².